The zero-order valence-electron chi connectivity index (χ0n) is 16.1. The van der Waals surface area contributed by atoms with E-state index in [9.17, 15) is 15.3 Å². The Hall–Kier alpha value is -0.200. The van der Waals surface area contributed by atoms with Gasteiger partial charge in [0, 0.05) is 11.8 Å². The SMILES string of the molecule is C[C@]12CC[C@H](O)CC1[C@@H](O)C(O)C1C2CC[C@@]2(C)C1CCC21OCCO1. The first-order valence-corrected chi connectivity index (χ1v) is 10.6. The molecule has 1 heterocycles. The number of hydrogen-bond donors (Lipinski definition) is 3. The minimum Gasteiger partial charge on any atom is -0.393 e. The first-order chi connectivity index (χ1) is 12.3. The number of aliphatic hydroxyl groups excluding tert-OH is 3. The Kier molecular flexibility index (Phi) is 3.89. The van der Waals surface area contributed by atoms with E-state index in [4.69, 9.17) is 9.47 Å². The Balaban J connectivity index is 1.52. The van der Waals surface area contributed by atoms with E-state index in [1.165, 1.54) is 0 Å². The highest BCUT2D eigenvalue weighted by Crippen LogP contribution is 2.69. The van der Waals surface area contributed by atoms with Crippen molar-refractivity contribution in [1.82, 2.24) is 0 Å². The second-order valence-electron chi connectivity index (χ2n) is 10.3. The fourth-order valence-electron chi connectivity index (χ4n) is 8.13. The third-order valence-corrected chi connectivity index (χ3v) is 9.52. The monoisotopic (exact) mass is 366 g/mol. The maximum Gasteiger partial charge on any atom is 0.174 e. The van der Waals surface area contributed by atoms with E-state index in [1.807, 2.05) is 0 Å². The Morgan fingerprint density at radius 1 is 0.769 bits per heavy atom. The maximum atomic E-state index is 11.2. The fraction of sp³-hybridized carbons (Fsp3) is 1.00. The molecule has 0 bridgehead atoms. The van der Waals surface area contributed by atoms with E-state index in [0.29, 0.717) is 31.5 Å². The average Bonchev–Trinajstić information content (AvgIpc) is 3.21. The Labute approximate surface area is 156 Å². The van der Waals surface area contributed by atoms with Gasteiger partial charge >= 0.3 is 0 Å². The van der Waals surface area contributed by atoms with Crippen LogP contribution in [-0.4, -0.2) is 52.6 Å². The largest absolute Gasteiger partial charge is 0.393 e. The van der Waals surface area contributed by atoms with Crippen molar-refractivity contribution in [3.05, 3.63) is 0 Å². The minimum atomic E-state index is -0.736. The molecule has 1 aliphatic heterocycles. The third-order valence-electron chi connectivity index (χ3n) is 9.52. The first-order valence-electron chi connectivity index (χ1n) is 10.6. The van der Waals surface area contributed by atoms with Gasteiger partial charge < -0.3 is 24.8 Å². The van der Waals surface area contributed by atoms with Gasteiger partial charge in [0.25, 0.3) is 0 Å². The number of aliphatic hydroxyl groups is 3. The summed E-state index contributed by atoms with van der Waals surface area (Å²) in [6, 6.07) is 0. The highest BCUT2D eigenvalue weighted by Gasteiger charge is 2.70. The third kappa shape index (κ3) is 2.04. The van der Waals surface area contributed by atoms with Crippen LogP contribution in [0.2, 0.25) is 0 Å². The predicted molar refractivity (Wildman–Crippen MR) is 95.1 cm³/mol. The quantitative estimate of drug-likeness (QED) is 0.612. The maximum absolute atomic E-state index is 11.2. The predicted octanol–water partition coefficient (Wildman–Crippen LogP) is 2.07. The summed E-state index contributed by atoms with van der Waals surface area (Å²) in [4.78, 5) is 0. The van der Waals surface area contributed by atoms with Crippen LogP contribution < -0.4 is 0 Å². The van der Waals surface area contributed by atoms with Crippen LogP contribution in [0.3, 0.4) is 0 Å². The molecule has 26 heavy (non-hydrogen) atoms. The van der Waals surface area contributed by atoms with Crippen LogP contribution in [0.15, 0.2) is 0 Å². The first kappa shape index (κ1) is 17.9. The number of ether oxygens (including phenoxy) is 2. The van der Waals surface area contributed by atoms with E-state index in [1.54, 1.807) is 0 Å². The molecule has 0 radical (unpaired) electrons. The molecule has 1 spiro atoms. The average molecular weight is 366 g/mol. The van der Waals surface area contributed by atoms with E-state index < -0.39 is 18.0 Å². The smallest absolute Gasteiger partial charge is 0.174 e. The minimum absolute atomic E-state index is 0.00111. The summed E-state index contributed by atoms with van der Waals surface area (Å²) < 4.78 is 12.3. The standard InChI is InChI=1S/C21H34O5/c1-19-6-3-12(22)11-15(19)17(23)18(24)16-13(19)4-7-20(2)14(16)5-8-21(20)25-9-10-26-21/h12-18,22-24H,3-11H2,1-2H3/t12-,13?,14?,15?,16?,17+,18?,19+,20-/m0/s1. The van der Waals surface area contributed by atoms with Crippen molar-refractivity contribution in [1.29, 1.82) is 0 Å². The zero-order chi connectivity index (χ0) is 18.3. The van der Waals surface area contributed by atoms with Crippen molar-refractivity contribution in [3.63, 3.8) is 0 Å². The van der Waals surface area contributed by atoms with Crippen LogP contribution >= 0.6 is 0 Å². The molecular weight excluding hydrogens is 332 g/mol. The lowest BCUT2D eigenvalue weighted by Crippen LogP contribution is -2.65. The fourth-order valence-corrected chi connectivity index (χ4v) is 8.13. The number of fused-ring (bicyclic) bond motifs is 6. The van der Waals surface area contributed by atoms with E-state index >= 15 is 0 Å². The summed E-state index contributed by atoms with van der Waals surface area (Å²) in [6.07, 6.45) is 4.63. The molecule has 0 aromatic heterocycles. The van der Waals surface area contributed by atoms with Crippen LogP contribution in [0.5, 0.6) is 0 Å². The lowest BCUT2D eigenvalue weighted by molar-refractivity contribution is -0.269. The molecule has 5 nitrogen and oxygen atoms in total. The van der Waals surface area contributed by atoms with Crippen molar-refractivity contribution in [2.75, 3.05) is 13.2 Å². The Bertz CT molecular complexity index is 575. The molecule has 3 N–H and O–H groups in total. The molecule has 5 aliphatic rings. The molecule has 4 aliphatic carbocycles. The molecule has 148 valence electrons. The van der Waals surface area contributed by atoms with Crippen molar-refractivity contribution < 1.29 is 24.8 Å². The van der Waals surface area contributed by atoms with Crippen molar-refractivity contribution >= 4 is 0 Å². The van der Waals surface area contributed by atoms with E-state index in [0.717, 1.165) is 38.5 Å². The summed E-state index contributed by atoms with van der Waals surface area (Å²) in [6.45, 7) is 5.94. The van der Waals surface area contributed by atoms with Gasteiger partial charge in [0.15, 0.2) is 5.79 Å². The van der Waals surface area contributed by atoms with Crippen LogP contribution in [0.25, 0.3) is 0 Å². The van der Waals surface area contributed by atoms with Crippen molar-refractivity contribution in [2.45, 2.75) is 82.9 Å². The summed E-state index contributed by atoms with van der Waals surface area (Å²) in [5.74, 6) is 0.364. The van der Waals surface area contributed by atoms with Gasteiger partial charge in [-0.1, -0.05) is 13.8 Å². The van der Waals surface area contributed by atoms with Gasteiger partial charge in [-0.15, -0.1) is 0 Å². The second kappa shape index (κ2) is 5.66. The lowest BCUT2D eigenvalue weighted by Gasteiger charge is -2.63. The summed E-state index contributed by atoms with van der Waals surface area (Å²) >= 11 is 0. The molecule has 5 unspecified atom stereocenters. The summed E-state index contributed by atoms with van der Waals surface area (Å²) in [5.41, 5.74) is -0.0697. The van der Waals surface area contributed by atoms with Gasteiger partial charge in [-0.3, -0.25) is 0 Å². The van der Waals surface area contributed by atoms with Gasteiger partial charge in [0.1, 0.15) is 0 Å². The van der Waals surface area contributed by atoms with Crippen LogP contribution in [-0.2, 0) is 9.47 Å². The molecule has 9 atom stereocenters. The second-order valence-corrected chi connectivity index (χ2v) is 10.3. The summed E-state index contributed by atoms with van der Waals surface area (Å²) in [5, 5.41) is 32.4. The van der Waals surface area contributed by atoms with E-state index in [-0.39, 0.29) is 28.8 Å². The Morgan fingerprint density at radius 2 is 1.46 bits per heavy atom. The van der Waals surface area contributed by atoms with Gasteiger partial charge in [0.05, 0.1) is 31.5 Å². The molecule has 0 aromatic carbocycles. The number of hydrogen-bond acceptors (Lipinski definition) is 5. The highest BCUT2D eigenvalue weighted by atomic mass is 16.7. The summed E-state index contributed by atoms with van der Waals surface area (Å²) in [7, 11) is 0. The van der Waals surface area contributed by atoms with Gasteiger partial charge in [-0.05, 0) is 67.6 Å². The molecule has 4 saturated carbocycles. The van der Waals surface area contributed by atoms with Gasteiger partial charge in [-0.25, -0.2) is 0 Å². The molecular formula is C21H34O5. The van der Waals surface area contributed by atoms with Crippen molar-refractivity contribution in [3.8, 4) is 0 Å². The molecule has 5 rings (SSSR count). The molecule has 1 saturated heterocycles. The lowest BCUT2D eigenvalue weighted by atomic mass is 9.43. The molecule has 5 heteroatoms. The molecule has 0 aromatic rings. The van der Waals surface area contributed by atoms with Crippen LogP contribution in [0.4, 0.5) is 0 Å². The number of rotatable bonds is 0. The topological polar surface area (TPSA) is 79.2 Å². The van der Waals surface area contributed by atoms with Gasteiger partial charge in [0.2, 0.25) is 0 Å². The molecule has 5 fully saturated rings. The molecule has 0 amide bonds. The van der Waals surface area contributed by atoms with Gasteiger partial charge in [-0.2, -0.15) is 0 Å². The van der Waals surface area contributed by atoms with Crippen LogP contribution in [0.1, 0.15) is 58.8 Å². The highest BCUT2D eigenvalue weighted by molar-refractivity contribution is 5.16. The van der Waals surface area contributed by atoms with Crippen molar-refractivity contribution in [2.24, 2.45) is 34.5 Å². The normalized spacial score (nSPS) is 58.3. The van der Waals surface area contributed by atoms with E-state index in [2.05, 4.69) is 13.8 Å². The Morgan fingerprint density at radius 3 is 2.19 bits per heavy atom. The van der Waals surface area contributed by atoms with Crippen LogP contribution in [0, 0.1) is 34.5 Å². The zero-order valence-corrected chi connectivity index (χ0v) is 16.1.